The molecule has 0 aliphatic rings. The van der Waals surface area contributed by atoms with Crippen molar-refractivity contribution in [3.8, 4) is 0 Å². The summed E-state index contributed by atoms with van der Waals surface area (Å²) in [6.07, 6.45) is -1.65. The molecule has 0 N–H and O–H groups in total. The van der Waals surface area contributed by atoms with Gasteiger partial charge in [-0.1, -0.05) is 15.9 Å². The molecule has 1 aromatic rings. The summed E-state index contributed by atoms with van der Waals surface area (Å²) >= 11 is 2.95. The van der Waals surface area contributed by atoms with Crippen LogP contribution in [0.2, 0.25) is 0 Å². The molecule has 0 radical (unpaired) electrons. The molecule has 7 heteroatoms. The van der Waals surface area contributed by atoms with E-state index in [1.165, 1.54) is 6.92 Å². The van der Waals surface area contributed by atoms with Gasteiger partial charge >= 0.3 is 5.82 Å². The number of nitro groups is 1. The van der Waals surface area contributed by atoms with E-state index in [1.54, 1.807) is 0 Å². The summed E-state index contributed by atoms with van der Waals surface area (Å²) in [6, 6.07) is 0. The summed E-state index contributed by atoms with van der Waals surface area (Å²) in [5, 5.41) is 10.5. The number of halogens is 3. The highest BCUT2D eigenvalue weighted by Crippen LogP contribution is 2.32. The molecular formula is C8H7BrF2N2O2. The second-order valence-electron chi connectivity index (χ2n) is 2.85. The molecular weight excluding hydrogens is 274 g/mol. The molecule has 1 rings (SSSR count). The number of pyridine rings is 1. The minimum Gasteiger partial charge on any atom is -0.358 e. The molecule has 0 atom stereocenters. The molecule has 15 heavy (non-hydrogen) atoms. The smallest absolute Gasteiger partial charge is 0.358 e. The molecule has 0 saturated carbocycles. The minimum absolute atomic E-state index is 0.0162. The zero-order valence-corrected chi connectivity index (χ0v) is 9.29. The highest BCUT2D eigenvalue weighted by molar-refractivity contribution is 9.08. The van der Waals surface area contributed by atoms with Crippen LogP contribution in [0.25, 0.3) is 0 Å². The van der Waals surface area contributed by atoms with Crippen LogP contribution >= 0.6 is 15.9 Å². The fourth-order valence-electron chi connectivity index (χ4n) is 1.26. The first-order chi connectivity index (χ1) is 6.99. The number of hydrogen-bond acceptors (Lipinski definition) is 3. The molecule has 0 aliphatic heterocycles. The van der Waals surface area contributed by atoms with Crippen molar-refractivity contribution in [3.05, 3.63) is 33.0 Å². The van der Waals surface area contributed by atoms with Crippen LogP contribution in [-0.2, 0) is 5.33 Å². The highest BCUT2D eigenvalue weighted by atomic mass is 79.9. The Bertz CT molecular complexity index is 398. The number of aromatic nitrogens is 1. The van der Waals surface area contributed by atoms with E-state index >= 15 is 0 Å². The second-order valence-corrected chi connectivity index (χ2v) is 3.41. The number of nitrogens with zero attached hydrogens (tertiary/aromatic N) is 2. The van der Waals surface area contributed by atoms with Crippen LogP contribution in [0.15, 0.2) is 6.20 Å². The Morgan fingerprint density at radius 1 is 1.67 bits per heavy atom. The van der Waals surface area contributed by atoms with Gasteiger partial charge < -0.3 is 10.1 Å². The third-order valence-electron chi connectivity index (χ3n) is 1.93. The van der Waals surface area contributed by atoms with Crippen LogP contribution in [-0.4, -0.2) is 9.91 Å². The van der Waals surface area contributed by atoms with Gasteiger partial charge in [-0.05, 0) is 16.8 Å². The van der Waals surface area contributed by atoms with Gasteiger partial charge in [0, 0.05) is 16.5 Å². The standard InChI is InChI=1S/C8H7BrF2N2O2/c1-4-3-12-8(13(14)15)5(2-9)6(4)7(10)11/h3,7H,2H2,1H3. The van der Waals surface area contributed by atoms with E-state index in [1.807, 2.05) is 0 Å². The van der Waals surface area contributed by atoms with Gasteiger partial charge in [0.1, 0.15) is 6.20 Å². The van der Waals surface area contributed by atoms with Gasteiger partial charge in [0.2, 0.25) is 0 Å². The number of rotatable bonds is 3. The zero-order chi connectivity index (χ0) is 11.6. The van der Waals surface area contributed by atoms with Crippen molar-refractivity contribution in [2.75, 3.05) is 0 Å². The van der Waals surface area contributed by atoms with Gasteiger partial charge in [0.15, 0.2) is 0 Å². The van der Waals surface area contributed by atoms with E-state index in [-0.39, 0.29) is 22.0 Å². The molecule has 0 fully saturated rings. The van der Waals surface area contributed by atoms with E-state index in [9.17, 15) is 18.9 Å². The van der Waals surface area contributed by atoms with Crippen LogP contribution < -0.4 is 0 Å². The quantitative estimate of drug-likeness (QED) is 0.486. The summed E-state index contributed by atoms with van der Waals surface area (Å²) in [5.41, 5.74) is -0.117. The topological polar surface area (TPSA) is 56.0 Å². The molecule has 0 aliphatic carbocycles. The second kappa shape index (κ2) is 4.61. The molecule has 82 valence electrons. The Balaban J connectivity index is 3.47. The first kappa shape index (κ1) is 12.0. The number of aryl methyl sites for hydroxylation is 1. The Hall–Kier alpha value is -1.11. The minimum atomic E-state index is -2.74. The highest BCUT2D eigenvalue weighted by Gasteiger charge is 2.25. The van der Waals surface area contributed by atoms with E-state index in [4.69, 9.17) is 0 Å². The molecule has 0 bridgehead atoms. The van der Waals surface area contributed by atoms with Crippen molar-refractivity contribution in [3.63, 3.8) is 0 Å². The SMILES string of the molecule is Cc1cnc([N+](=O)[O-])c(CBr)c1C(F)F. The summed E-state index contributed by atoms with van der Waals surface area (Å²) in [6.45, 7) is 1.45. The number of alkyl halides is 3. The predicted molar refractivity (Wildman–Crippen MR) is 53.2 cm³/mol. The summed E-state index contributed by atoms with van der Waals surface area (Å²) < 4.78 is 25.3. The predicted octanol–water partition coefficient (Wildman–Crippen LogP) is 3.13. The summed E-state index contributed by atoms with van der Waals surface area (Å²) in [4.78, 5) is 13.3. The lowest BCUT2D eigenvalue weighted by molar-refractivity contribution is -0.390. The lowest BCUT2D eigenvalue weighted by Crippen LogP contribution is -2.04. The van der Waals surface area contributed by atoms with Crippen molar-refractivity contribution in [1.82, 2.24) is 4.98 Å². The molecule has 0 unspecified atom stereocenters. The van der Waals surface area contributed by atoms with Gasteiger partial charge in [0.05, 0.1) is 5.56 Å². The van der Waals surface area contributed by atoms with Crippen molar-refractivity contribution in [2.24, 2.45) is 0 Å². The molecule has 0 saturated heterocycles. The zero-order valence-electron chi connectivity index (χ0n) is 7.71. The summed E-state index contributed by atoms with van der Waals surface area (Å²) in [7, 11) is 0. The Kier molecular flexibility index (Phi) is 3.67. The lowest BCUT2D eigenvalue weighted by Gasteiger charge is -2.08. The average Bonchev–Trinajstić information content (AvgIpc) is 2.15. The van der Waals surface area contributed by atoms with E-state index < -0.39 is 17.2 Å². The third-order valence-corrected chi connectivity index (χ3v) is 2.49. The van der Waals surface area contributed by atoms with Crippen LogP contribution in [0.1, 0.15) is 23.1 Å². The van der Waals surface area contributed by atoms with Crippen LogP contribution in [0.3, 0.4) is 0 Å². The molecule has 1 heterocycles. The maximum atomic E-state index is 12.6. The van der Waals surface area contributed by atoms with Crippen molar-refractivity contribution >= 4 is 21.7 Å². The van der Waals surface area contributed by atoms with Crippen LogP contribution in [0.4, 0.5) is 14.6 Å². The van der Waals surface area contributed by atoms with Gasteiger partial charge in [-0.15, -0.1) is 0 Å². The maximum Gasteiger partial charge on any atom is 0.367 e. The normalized spacial score (nSPS) is 10.7. The number of hydrogen-bond donors (Lipinski definition) is 0. The van der Waals surface area contributed by atoms with Gasteiger partial charge in [0.25, 0.3) is 6.43 Å². The van der Waals surface area contributed by atoms with Gasteiger partial charge in [-0.25, -0.2) is 8.78 Å². The first-order valence-electron chi connectivity index (χ1n) is 3.96. The van der Waals surface area contributed by atoms with Crippen molar-refractivity contribution in [1.29, 1.82) is 0 Å². The fraction of sp³-hybridized carbons (Fsp3) is 0.375. The molecule has 0 spiro atoms. The molecule has 4 nitrogen and oxygen atoms in total. The van der Waals surface area contributed by atoms with Crippen LogP contribution in [0, 0.1) is 17.0 Å². The van der Waals surface area contributed by atoms with Crippen molar-refractivity contribution in [2.45, 2.75) is 18.7 Å². The molecule has 1 aromatic heterocycles. The van der Waals surface area contributed by atoms with Gasteiger partial charge in [-0.3, -0.25) is 0 Å². The monoisotopic (exact) mass is 280 g/mol. The largest absolute Gasteiger partial charge is 0.367 e. The van der Waals surface area contributed by atoms with Gasteiger partial charge in [-0.2, -0.15) is 0 Å². The van der Waals surface area contributed by atoms with E-state index in [0.29, 0.717) is 0 Å². The van der Waals surface area contributed by atoms with E-state index in [2.05, 4.69) is 20.9 Å². The van der Waals surface area contributed by atoms with Crippen molar-refractivity contribution < 1.29 is 13.7 Å². The van der Waals surface area contributed by atoms with E-state index in [0.717, 1.165) is 6.20 Å². The molecule has 0 amide bonds. The Labute approximate surface area is 92.6 Å². The fourth-order valence-corrected chi connectivity index (χ4v) is 1.81. The third kappa shape index (κ3) is 2.28. The lowest BCUT2D eigenvalue weighted by atomic mass is 10.1. The maximum absolute atomic E-state index is 12.6. The Morgan fingerprint density at radius 3 is 2.67 bits per heavy atom. The van der Waals surface area contributed by atoms with Crippen LogP contribution in [0.5, 0.6) is 0 Å². The first-order valence-corrected chi connectivity index (χ1v) is 5.08. The average molecular weight is 281 g/mol. The summed E-state index contributed by atoms with van der Waals surface area (Å²) in [5.74, 6) is -0.521. The Morgan fingerprint density at radius 2 is 2.27 bits per heavy atom. The molecule has 0 aromatic carbocycles.